The Balaban J connectivity index is 1.70. The summed E-state index contributed by atoms with van der Waals surface area (Å²) in [6.07, 6.45) is -3.48. The van der Waals surface area contributed by atoms with Crippen LogP contribution in [0.25, 0.3) is 16.8 Å². The van der Waals surface area contributed by atoms with Crippen LogP contribution >= 0.6 is 23.2 Å². The molecule has 0 aliphatic heterocycles. The van der Waals surface area contributed by atoms with E-state index in [4.69, 9.17) is 23.2 Å². The molecule has 0 spiro atoms. The van der Waals surface area contributed by atoms with Crippen molar-refractivity contribution in [3.05, 3.63) is 80.6 Å². The number of nitrogens with zero attached hydrogens (tertiary/aromatic N) is 5. The first kappa shape index (κ1) is 19.4. The van der Waals surface area contributed by atoms with Gasteiger partial charge in [0.1, 0.15) is 5.69 Å². The van der Waals surface area contributed by atoms with Crippen molar-refractivity contribution in [2.45, 2.75) is 12.7 Å². The Morgan fingerprint density at radius 3 is 2.34 bits per heavy atom. The zero-order valence-corrected chi connectivity index (χ0v) is 15.9. The van der Waals surface area contributed by atoms with Crippen LogP contribution in [0.5, 0.6) is 0 Å². The van der Waals surface area contributed by atoms with Crippen molar-refractivity contribution in [3.63, 3.8) is 0 Å². The fourth-order valence-corrected chi connectivity index (χ4v) is 3.09. The third-order valence-corrected chi connectivity index (χ3v) is 4.66. The van der Waals surface area contributed by atoms with E-state index in [-0.39, 0.29) is 17.3 Å². The third-order valence-electron chi connectivity index (χ3n) is 4.13. The van der Waals surface area contributed by atoms with Gasteiger partial charge in [0, 0.05) is 16.8 Å². The molecule has 29 heavy (non-hydrogen) atoms. The molecular formula is C18H10Cl2F3N5O. The van der Waals surface area contributed by atoms with Crippen molar-refractivity contribution >= 4 is 28.8 Å². The predicted octanol–water partition coefficient (Wildman–Crippen LogP) is 4.33. The van der Waals surface area contributed by atoms with Gasteiger partial charge < -0.3 is 0 Å². The van der Waals surface area contributed by atoms with Crippen LogP contribution in [0.1, 0.15) is 11.3 Å². The fourth-order valence-electron chi connectivity index (χ4n) is 2.72. The van der Waals surface area contributed by atoms with Crippen LogP contribution in [-0.4, -0.2) is 24.4 Å². The molecule has 0 N–H and O–H groups in total. The molecule has 0 amide bonds. The molecule has 0 radical (unpaired) electrons. The first-order valence-electron chi connectivity index (χ1n) is 8.17. The smallest absolute Gasteiger partial charge is 0.251 e. The number of benzene rings is 1. The summed E-state index contributed by atoms with van der Waals surface area (Å²) in [5.74, 6) is 0. The van der Waals surface area contributed by atoms with E-state index in [0.29, 0.717) is 16.1 Å². The first-order valence-corrected chi connectivity index (χ1v) is 8.92. The molecule has 0 saturated carbocycles. The molecule has 3 aromatic heterocycles. The lowest BCUT2D eigenvalue weighted by Crippen LogP contribution is -2.23. The quantitative estimate of drug-likeness (QED) is 0.476. The van der Waals surface area contributed by atoms with E-state index < -0.39 is 17.6 Å². The van der Waals surface area contributed by atoms with Crippen molar-refractivity contribution in [3.8, 4) is 11.1 Å². The van der Waals surface area contributed by atoms with Crippen LogP contribution in [0.3, 0.4) is 0 Å². The number of rotatable bonds is 3. The summed E-state index contributed by atoms with van der Waals surface area (Å²) in [7, 11) is 0. The maximum Gasteiger partial charge on any atom is 0.433 e. The van der Waals surface area contributed by atoms with Crippen molar-refractivity contribution in [2.75, 3.05) is 0 Å². The van der Waals surface area contributed by atoms with E-state index in [9.17, 15) is 18.0 Å². The normalized spacial score (nSPS) is 11.9. The lowest BCUT2D eigenvalue weighted by molar-refractivity contribution is -0.141. The van der Waals surface area contributed by atoms with Crippen molar-refractivity contribution in [1.29, 1.82) is 0 Å². The van der Waals surface area contributed by atoms with Gasteiger partial charge in [-0.05, 0) is 35.4 Å². The highest BCUT2D eigenvalue weighted by Crippen LogP contribution is 2.28. The van der Waals surface area contributed by atoms with Gasteiger partial charge in [-0.3, -0.25) is 4.98 Å². The summed E-state index contributed by atoms with van der Waals surface area (Å²) >= 11 is 12.1. The Labute approximate surface area is 171 Å². The molecule has 0 saturated heterocycles. The Bertz CT molecular complexity index is 1250. The van der Waals surface area contributed by atoms with E-state index in [1.807, 2.05) is 0 Å². The SMILES string of the molecule is O=c1n(Cc2ccc(C(F)(F)F)nc2)nc2cc(-c3ccc(Cl)cc3)c(Cl)nn12. The van der Waals surface area contributed by atoms with E-state index >= 15 is 0 Å². The van der Waals surface area contributed by atoms with Gasteiger partial charge >= 0.3 is 11.9 Å². The molecule has 0 aliphatic rings. The number of hydrogen-bond acceptors (Lipinski definition) is 4. The minimum absolute atomic E-state index is 0.0682. The van der Waals surface area contributed by atoms with Crippen LogP contribution in [0.15, 0.2) is 53.5 Å². The van der Waals surface area contributed by atoms with Gasteiger partial charge in [-0.15, -0.1) is 10.2 Å². The Hall–Kier alpha value is -2.91. The van der Waals surface area contributed by atoms with Crippen LogP contribution in [0, 0.1) is 0 Å². The Kier molecular flexibility index (Phi) is 4.79. The monoisotopic (exact) mass is 439 g/mol. The van der Waals surface area contributed by atoms with Gasteiger partial charge in [0.15, 0.2) is 10.8 Å². The predicted molar refractivity (Wildman–Crippen MR) is 101 cm³/mol. The largest absolute Gasteiger partial charge is 0.433 e. The summed E-state index contributed by atoms with van der Waals surface area (Å²) in [6.45, 7) is -0.0682. The zero-order chi connectivity index (χ0) is 20.8. The molecule has 148 valence electrons. The third kappa shape index (κ3) is 3.83. The van der Waals surface area contributed by atoms with Gasteiger partial charge in [-0.25, -0.2) is 9.48 Å². The van der Waals surface area contributed by atoms with Crippen LogP contribution in [-0.2, 0) is 12.7 Å². The molecule has 4 rings (SSSR count). The number of aromatic nitrogens is 5. The minimum atomic E-state index is -4.53. The molecular weight excluding hydrogens is 430 g/mol. The molecule has 4 aromatic rings. The van der Waals surface area contributed by atoms with E-state index in [0.717, 1.165) is 27.0 Å². The van der Waals surface area contributed by atoms with Crippen LogP contribution in [0.4, 0.5) is 13.2 Å². The van der Waals surface area contributed by atoms with Gasteiger partial charge in [0.05, 0.1) is 6.54 Å². The first-order chi connectivity index (χ1) is 13.7. The molecule has 6 nitrogen and oxygen atoms in total. The second kappa shape index (κ2) is 7.16. The standard InChI is InChI=1S/C18H10Cl2F3N5O/c19-12-4-2-11(3-5-12)13-7-15-25-27(17(29)28(15)26-16(13)20)9-10-1-6-14(24-8-10)18(21,22)23/h1-8H,9H2. The highest BCUT2D eigenvalue weighted by Gasteiger charge is 2.32. The van der Waals surface area contributed by atoms with E-state index in [1.165, 1.54) is 6.07 Å². The summed E-state index contributed by atoms with van der Waals surface area (Å²) in [5.41, 5.74) is 0.332. The van der Waals surface area contributed by atoms with E-state index in [1.54, 1.807) is 30.3 Å². The number of alkyl halides is 3. The topological polar surface area (TPSA) is 65.1 Å². The van der Waals surface area contributed by atoms with Crippen molar-refractivity contribution in [1.82, 2.24) is 24.4 Å². The molecule has 0 fully saturated rings. The average Bonchev–Trinajstić information content (AvgIpc) is 2.97. The van der Waals surface area contributed by atoms with Crippen LogP contribution in [0.2, 0.25) is 10.2 Å². The van der Waals surface area contributed by atoms with Gasteiger partial charge in [-0.2, -0.15) is 17.7 Å². The zero-order valence-electron chi connectivity index (χ0n) is 14.4. The Morgan fingerprint density at radius 1 is 1.00 bits per heavy atom. The van der Waals surface area contributed by atoms with Crippen molar-refractivity contribution < 1.29 is 13.2 Å². The summed E-state index contributed by atoms with van der Waals surface area (Å²) in [5, 5.41) is 8.92. The molecule has 11 heteroatoms. The van der Waals surface area contributed by atoms with Crippen molar-refractivity contribution in [2.24, 2.45) is 0 Å². The lowest BCUT2D eigenvalue weighted by Gasteiger charge is -2.06. The molecule has 0 atom stereocenters. The highest BCUT2D eigenvalue weighted by atomic mass is 35.5. The minimum Gasteiger partial charge on any atom is -0.251 e. The number of fused-ring (bicyclic) bond motifs is 1. The summed E-state index contributed by atoms with van der Waals surface area (Å²) in [6, 6.07) is 10.6. The second-order valence-corrected chi connectivity index (χ2v) is 6.91. The van der Waals surface area contributed by atoms with Crippen LogP contribution < -0.4 is 5.69 Å². The number of hydrogen-bond donors (Lipinski definition) is 0. The molecule has 0 aliphatic carbocycles. The van der Waals surface area contributed by atoms with Gasteiger partial charge in [-0.1, -0.05) is 41.4 Å². The lowest BCUT2D eigenvalue weighted by atomic mass is 10.1. The summed E-state index contributed by atoms with van der Waals surface area (Å²) in [4.78, 5) is 15.9. The van der Waals surface area contributed by atoms with Gasteiger partial charge in [0.25, 0.3) is 0 Å². The Morgan fingerprint density at radius 2 is 1.72 bits per heavy atom. The molecule has 0 unspecified atom stereocenters. The summed E-state index contributed by atoms with van der Waals surface area (Å²) < 4.78 is 40.0. The molecule has 1 aromatic carbocycles. The van der Waals surface area contributed by atoms with Gasteiger partial charge in [0.2, 0.25) is 0 Å². The van der Waals surface area contributed by atoms with E-state index in [2.05, 4.69) is 15.2 Å². The second-order valence-electron chi connectivity index (χ2n) is 6.12. The maximum atomic E-state index is 12.6. The molecule has 3 heterocycles. The highest BCUT2D eigenvalue weighted by molar-refractivity contribution is 6.32. The fraction of sp³-hybridized carbons (Fsp3) is 0.111. The maximum absolute atomic E-state index is 12.6. The number of pyridine rings is 1. The molecule has 0 bridgehead atoms. The average molecular weight is 440 g/mol. The number of halogens is 5.